The summed E-state index contributed by atoms with van der Waals surface area (Å²) in [6.45, 7) is 6.89. The number of amides is 3. The van der Waals surface area contributed by atoms with Gasteiger partial charge in [0.25, 0.3) is 11.8 Å². The topological polar surface area (TPSA) is 131 Å². The van der Waals surface area contributed by atoms with Crippen molar-refractivity contribution in [2.75, 3.05) is 12.3 Å². The van der Waals surface area contributed by atoms with E-state index in [0.29, 0.717) is 24.6 Å². The van der Waals surface area contributed by atoms with E-state index in [0.717, 1.165) is 56.5 Å². The van der Waals surface area contributed by atoms with Crippen molar-refractivity contribution >= 4 is 34.9 Å². The van der Waals surface area contributed by atoms with Gasteiger partial charge in [0.1, 0.15) is 16.7 Å². The molecule has 1 saturated carbocycles. The van der Waals surface area contributed by atoms with E-state index >= 15 is 0 Å². The Bertz CT molecular complexity index is 1010. The van der Waals surface area contributed by atoms with Crippen molar-refractivity contribution in [2.45, 2.75) is 97.2 Å². The van der Waals surface area contributed by atoms with Gasteiger partial charge in [-0.2, -0.15) is 4.37 Å². The van der Waals surface area contributed by atoms with Crippen molar-refractivity contribution in [3.63, 3.8) is 0 Å². The number of anilines is 1. The lowest BCUT2D eigenvalue weighted by Crippen LogP contribution is -2.49. The molecule has 0 bridgehead atoms. The van der Waals surface area contributed by atoms with Gasteiger partial charge in [-0.05, 0) is 55.3 Å². The quantitative estimate of drug-likeness (QED) is 0.342. The summed E-state index contributed by atoms with van der Waals surface area (Å²) >= 11 is 0.901. The number of carbonyl (C=O) groups is 3. The van der Waals surface area contributed by atoms with Gasteiger partial charge >= 0.3 is 0 Å². The van der Waals surface area contributed by atoms with Crippen LogP contribution in [0.3, 0.4) is 0 Å². The molecule has 0 spiro atoms. The molecule has 0 aliphatic heterocycles. The van der Waals surface area contributed by atoms with Gasteiger partial charge in [-0.25, -0.2) is 0 Å². The van der Waals surface area contributed by atoms with Crippen LogP contribution in [0.5, 0.6) is 0 Å². The Morgan fingerprint density at radius 2 is 1.97 bits per heavy atom. The first-order valence-corrected chi connectivity index (χ1v) is 14.3. The molecule has 3 rings (SSSR count). The number of carbonyl (C=O) groups excluding carboxylic acids is 3. The minimum Gasteiger partial charge on any atom is -0.467 e. The summed E-state index contributed by atoms with van der Waals surface area (Å²) in [6.07, 6.45) is 9.76. The Morgan fingerprint density at radius 1 is 1.22 bits per heavy atom. The van der Waals surface area contributed by atoms with E-state index in [2.05, 4.69) is 28.9 Å². The van der Waals surface area contributed by atoms with Gasteiger partial charge in [0, 0.05) is 12.6 Å². The third-order valence-electron chi connectivity index (χ3n) is 6.78. The summed E-state index contributed by atoms with van der Waals surface area (Å²) in [5, 5.41) is 6.02. The molecule has 0 aromatic carbocycles. The SMILES string of the molecule is CCCC[C@H](C(=O)NCCC(C)C)N(Cc1ccco1)C(=O)c1snc(C(=O)NC2CCCCC2)c1N. The number of hydrogen-bond acceptors (Lipinski definition) is 7. The van der Waals surface area contributed by atoms with Gasteiger partial charge in [-0.1, -0.05) is 52.9 Å². The summed E-state index contributed by atoms with van der Waals surface area (Å²) in [6, 6.07) is 2.92. The normalized spacial score (nSPS) is 14.9. The molecule has 3 amide bonds. The summed E-state index contributed by atoms with van der Waals surface area (Å²) in [5.74, 6) is 0.0235. The number of nitrogens with zero attached hydrogens (tertiary/aromatic N) is 2. The van der Waals surface area contributed by atoms with E-state index in [4.69, 9.17) is 10.2 Å². The smallest absolute Gasteiger partial charge is 0.273 e. The third kappa shape index (κ3) is 8.05. The number of aromatic nitrogens is 1. The van der Waals surface area contributed by atoms with Crippen LogP contribution >= 0.6 is 11.5 Å². The van der Waals surface area contributed by atoms with Crippen LogP contribution in [-0.2, 0) is 11.3 Å². The molecule has 10 heteroatoms. The predicted molar refractivity (Wildman–Crippen MR) is 145 cm³/mol. The first-order valence-electron chi connectivity index (χ1n) is 13.5. The van der Waals surface area contributed by atoms with Crippen LogP contribution in [0.4, 0.5) is 5.69 Å². The second-order valence-corrected chi connectivity index (χ2v) is 11.0. The van der Waals surface area contributed by atoms with E-state index in [-0.39, 0.29) is 40.7 Å². The maximum absolute atomic E-state index is 13.9. The number of rotatable bonds is 13. The zero-order valence-corrected chi connectivity index (χ0v) is 23.1. The Labute approximate surface area is 223 Å². The Balaban J connectivity index is 1.84. The van der Waals surface area contributed by atoms with Crippen LogP contribution in [0.25, 0.3) is 0 Å². The minimum atomic E-state index is -0.703. The summed E-state index contributed by atoms with van der Waals surface area (Å²) in [7, 11) is 0. The molecule has 0 radical (unpaired) electrons. The van der Waals surface area contributed by atoms with Crippen molar-refractivity contribution in [3.05, 3.63) is 34.7 Å². The summed E-state index contributed by atoms with van der Waals surface area (Å²) in [5.41, 5.74) is 6.46. The highest BCUT2D eigenvalue weighted by molar-refractivity contribution is 7.09. The molecule has 1 aliphatic carbocycles. The van der Waals surface area contributed by atoms with Crippen molar-refractivity contribution in [1.29, 1.82) is 0 Å². The molecule has 204 valence electrons. The Morgan fingerprint density at radius 3 is 2.62 bits per heavy atom. The molecular formula is C27H41N5O4S. The fourth-order valence-corrected chi connectivity index (χ4v) is 5.32. The molecule has 2 aromatic heterocycles. The van der Waals surface area contributed by atoms with Crippen LogP contribution in [0.15, 0.2) is 22.8 Å². The second-order valence-electron chi connectivity index (χ2n) is 10.2. The van der Waals surface area contributed by atoms with E-state index in [1.54, 1.807) is 12.1 Å². The Hall–Kier alpha value is -2.88. The molecular weight excluding hydrogens is 490 g/mol. The van der Waals surface area contributed by atoms with Crippen LogP contribution < -0.4 is 16.4 Å². The highest BCUT2D eigenvalue weighted by Gasteiger charge is 2.34. The lowest BCUT2D eigenvalue weighted by atomic mass is 9.95. The summed E-state index contributed by atoms with van der Waals surface area (Å²) in [4.78, 5) is 41.8. The van der Waals surface area contributed by atoms with E-state index in [9.17, 15) is 14.4 Å². The van der Waals surface area contributed by atoms with Gasteiger partial charge in [0.15, 0.2) is 5.69 Å². The van der Waals surface area contributed by atoms with Gasteiger partial charge in [0.05, 0.1) is 18.5 Å². The van der Waals surface area contributed by atoms with Crippen molar-refractivity contribution < 1.29 is 18.8 Å². The highest BCUT2D eigenvalue weighted by atomic mass is 32.1. The molecule has 0 unspecified atom stereocenters. The molecule has 0 saturated heterocycles. The molecule has 1 fully saturated rings. The lowest BCUT2D eigenvalue weighted by Gasteiger charge is -2.30. The predicted octanol–water partition coefficient (Wildman–Crippen LogP) is 4.74. The number of hydrogen-bond donors (Lipinski definition) is 3. The fourth-order valence-electron chi connectivity index (χ4n) is 4.57. The number of nitrogen functional groups attached to an aromatic ring is 1. The van der Waals surface area contributed by atoms with Crippen LogP contribution in [0.1, 0.15) is 104 Å². The molecule has 9 nitrogen and oxygen atoms in total. The van der Waals surface area contributed by atoms with Gasteiger partial charge in [0.2, 0.25) is 5.91 Å². The van der Waals surface area contributed by atoms with E-state index in [1.165, 1.54) is 17.6 Å². The first kappa shape index (κ1) is 28.7. The summed E-state index contributed by atoms with van der Waals surface area (Å²) < 4.78 is 9.77. The number of nitrogens with two attached hydrogens (primary N) is 1. The average Bonchev–Trinajstić information content (AvgIpc) is 3.53. The third-order valence-corrected chi connectivity index (χ3v) is 7.63. The van der Waals surface area contributed by atoms with Gasteiger partial charge in [-0.3, -0.25) is 14.4 Å². The molecule has 4 N–H and O–H groups in total. The molecule has 1 atom stereocenters. The average molecular weight is 532 g/mol. The van der Waals surface area contributed by atoms with E-state index < -0.39 is 11.9 Å². The Kier molecular flexibility index (Phi) is 11.0. The van der Waals surface area contributed by atoms with Crippen molar-refractivity contribution in [1.82, 2.24) is 19.9 Å². The van der Waals surface area contributed by atoms with Crippen molar-refractivity contribution in [2.24, 2.45) is 5.92 Å². The maximum Gasteiger partial charge on any atom is 0.273 e. The van der Waals surface area contributed by atoms with Crippen LogP contribution in [-0.4, -0.2) is 45.6 Å². The fraction of sp³-hybridized carbons (Fsp3) is 0.630. The first-order chi connectivity index (χ1) is 17.8. The molecule has 2 aromatic rings. The van der Waals surface area contributed by atoms with E-state index in [1.807, 2.05) is 6.92 Å². The standard InChI is InChI=1S/C27H41N5O4S/c1-4-5-13-21(25(33)29-15-14-18(2)3)32(17-20-12-9-16-36-20)27(35)24-22(28)23(31-37-24)26(34)30-19-10-7-6-8-11-19/h9,12,16,18-19,21H,4-8,10-11,13-15,17,28H2,1-3H3,(H,29,33)(H,30,34)/t21-/m1/s1. The monoisotopic (exact) mass is 531 g/mol. The largest absolute Gasteiger partial charge is 0.467 e. The van der Waals surface area contributed by atoms with Crippen LogP contribution in [0, 0.1) is 5.92 Å². The van der Waals surface area contributed by atoms with Crippen LogP contribution in [0.2, 0.25) is 0 Å². The lowest BCUT2D eigenvalue weighted by molar-refractivity contribution is -0.126. The molecule has 1 aliphatic rings. The van der Waals surface area contributed by atoms with Crippen molar-refractivity contribution in [3.8, 4) is 0 Å². The number of furan rings is 1. The van der Waals surface area contributed by atoms with Gasteiger partial charge < -0.3 is 25.7 Å². The van der Waals surface area contributed by atoms with Gasteiger partial charge in [-0.15, -0.1) is 0 Å². The number of nitrogens with one attached hydrogen (secondary N) is 2. The maximum atomic E-state index is 13.9. The molecule has 37 heavy (non-hydrogen) atoms. The second kappa shape index (κ2) is 14.2. The highest BCUT2D eigenvalue weighted by Crippen LogP contribution is 2.27. The zero-order valence-electron chi connectivity index (χ0n) is 22.3. The molecule has 2 heterocycles. The minimum absolute atomic E-state index is 0.0576. The zero-order chi connectivity index (χ0) is 26.8. The number of unbranched alkanes of at least 4 members (excludes halogenated alkanes) is 1.